The molecule has 0 unspecified atom stereocenters. The summed E-state index contributed by atoms with van der Waals surface area (Å²) in [6, 6.07) is 26.4. The fraction of sp³-hybridized carbons (Fsp3) is 0.365. The molecule has 6 aromatic rings. The monoisotopic (exact) mass is 902 g/mol. The highest BCUT2D eigenvalue weighted by atomic mass is 33.1. The van der Waals surface area contributed by atoms with Crippen LogP contribution in [0.4, 0.5) is 0 Å². The van der Waals surface area contributed by atoms with Gasteiger partial charge in [-0.15, -0.1) is 0 Å². The number of Topliss-reactive ketones (excluding diaryl/α,β-unsaturated/α-hetero) is 1. The second kappa shape index (κ2) is 19.6. The van der Waals surface area contributed by atoms with Gasteiger partial charge in [0, 0.05) is 48.3 Å². The molecule has 1 aliphatic heterocycles. The van der Waals surface area contributed by atoms with Gasteiger partial charge in [-0.25, -0.2) is 0 Å². The maximum absolute atomic E-state index is 16.2. The molecule has 0 spiro atoms. The van der Waals surface area contributed by atoms with Gasteiger partial charge in [-0.1, -0.05) is 77.0 Å². The lowest BCUT2D eigenvalue weighted by Gasteiger charge is -2.49. The van der Waals surface area contributed by atoms with E-state index >= 15 is 4.79 Å². The van der Waals surface area contributed by atoms with Gasteiger partial charge >= 0.3 is 0 Å². The van der Waals surface area contributed by atoms with E-state index < -0.39 is 35.4 Å². The molecular weight excluding hydrogens is 845 g/mol. The van der Waals surface area contributed by atoms with E-state index in [9.17, 15) is 25.5 Å². The van der Waals surface area contributed by atoms with Gasteiger partial charge in [-0.05, 0) is 143 Å². The van der Waals surface area contributed by atoms with Gasteiger partial charge in [0.1, 0.15) is 5.75 Å². The number of H-pyrrole nitrogens is 1. The van der Waals surface area contributed by atoms with Gasteiger partial charge in [0.05, 0.1) is 31.8 Å². The molecule has 5 aromatic carbocycles. The molecule has 336 valence electrons. The van der Waals surface area contributed by atoms with Crippen LogP contribution in [-0.2, 0) is 54.6 Å². The number of aryl methyl sites for hydroxylation is 1. The van der Waals surface area contributed by atoms with Crippen LogP contribution in [0.1, 0.15) is 63.4 Å². The van der Waals surface area contributed by atoms with Crippen molar-refractivity contribution in [3.05, 3.63) is 147 Å². The number of carbonyl (C=O) groups is 1. The predicted molar refractivity (Wildman–Crippen MR) is 256 cm³/mol. The van der Waals surface area contributed by atoms with Crippen molar-refractivity contribution in [2.24, 2.45) is 17.8 Å². The zero-order valence-electron chi connectivity index (χ0n) is 36.8. The van der Waals surface area contributed by atoms with E-state index in [0.29, 0.717) is 54.2 Å². The number of aromatic hydroxyl groups is 3. The first-order chi connectivity index (χ1) is 31.0. The summed E-state index contributed by atoms with van der Waals surface area (Å²) < 4.78 is 11.5. The Bertz CT molecular complexity index is 2620. The van der Waals surface area contributed by atoms with Crippen molar-refractivity contribution in [1.29, 1.82) is 0 Å². The minimum absolute atomic E-state index is 0.0216. The molecule has 10 nitrogen and oxygen atoms in total. The van der Waals surface area contributed by atoms with Gasteiger partial charge in [0.25, 0.3) is 0 Å². The molecule has 6 atom stereocenters. The number of carbonyl (C=O) groups excluding carboxylic acids is 1. The molecule has 7 N–H and O–H groups in total. The van der Waals surface area contributed by atoms with Crippen LogP contribution in [0.25, 0.3) is 10.8 Å². The topological polar surface area (TPSA) is 164 Å². The van der Waals surface area contributed by atoms with E-state index in [1.54, 1.807) is 66.1 Å². The fourth-order valence-corrected chi connectivity index (χ4v) is 13.1. The molecule has 12 heteroatoms. The number of ether oxygens (including phenoxy) is 2. The molecule has 1 aliphatic carbocycles. The highest BCUT2D eigenvalue weighted by Crippen LogP contribution is 2.50. The molecule has 2 aliphatic rings. The lowest BCUT2D eigenvalue weighted by Crippen LogP contribution is -2.61. The summed E-state index contributed by atoms with van der Waals surface area (Å²) >= 11 is 0. The van der Waals surface area contributed by atoms with Gasteiger partial charge in [-0.2, -0.15) is 0 Å². The maximum Gasteiger partial charge on any atom is 0.164 e. The van der Waals surface area contributed by atoms with Gasteiger partial charge < -0.3 is 45.3 Å². The van der Waals surface area contributed by atoms with Gasteiger partial charge in [0.2, 0.25) is 0 Å². The van der Waals surface area contributed by atoms with Crippen LogP contribution < -0.4 is 14.8 Å². The third-order valence-electron chi connectivity index (χ3n) is 13.6. The van der Waals surface area contributed by atoms with Crippen molar-refractivity contribution >= 4 is 38.1 Å². The van der Waals surface area contributed by atoms with E-state index in [2.05, 4.69) is 47.6 Å². The van der Waals surface area contributed by atoms with Crippen molar-refractivity contribution in [3.63, 3.8) is 0 Å². The number of fused-ring (bicyclic) bond motifs is 2. The van der Waals surface area contributed by atoms with Crippen molar-refractivity contribution in [3.8, 4) is 28.7 Å². The maximum atomic E-state index is 16.2. The highest BCUT2D eigenvalue weighted by molar-refractivity contribution is 8.76. The molecule has 0 bridgehead atoms. The fourth-order valence-electron chi connectivity index (χ4n) is 10.5. The first-order valence-electron chi connectivity index (χ1n) is 22.0. The van der Waals surface area contributed by atoms with Crippen molar-refractivity contribution < 1.29 is 39.8 Å². The molecule has 0 saturated heterocycles. The minimum atomic E-state index is -1.61. The largest absolute Gasteiger partial charge is 0.508 e. The molecule has 0 radical (unpaired) electrons. The molecule has 64 heavy (non-hydrogen) atoms. The molecule has 1 fully saturated rings. The number of phenolic OH excluding ortho intramolecular Hbond substituents is 3. The Labute approximate surface area is 382 Å². The Morgan fingerprint density at radius 2 is 1.69 bits per heavy atom. The van der Waals surface area contributed by atoms with Crippen molar-refractivity contribution in [1.82, 2.24) is 10.3 Å². The first-order valence-corrected chi connectivity index (χ1v) is 24.5. The lowest BCUT2D eigenvalue weighted by molar-refractivity contribution is -0.149. The number of aliphatic hydroxyl groups is 2. The Balaban J connectivity index is 1.32. The van der Waals surface area contributed by atoms with Crippen LogP contribution in [0.15, 0.2) is 97.3 Å². The summed E-state index contributed by atoms with van der Waals surface area (Å²) in [6.07, 6.45) is 3.72. The van der Waals surface area contributed by atoms with Crippen LogP contribution in [0.2, 0.25) is 0 Å². The van der Waals surface area contributed by atoms with Crippen LogP contribution in [0.5, 0.6) is 28.7 Å². The number of ketones is 1. The molecule has 2 heterocycles. The number of hydrogen-bond acceptors (Lipinski definition) is 11. The van der Waals surface area contributed by atoms with Gasteiger partial charge in [0.15, 0.2) is 28.8 Å². The summed E-state index contributed by atoms with van der Waals surface area (Å²) in [7, 11) is 8.20. The Hall–Kier alpha value is -5.11. The Morgan fingerprint density at radius 3 is 2.44 bits per heavy atom. The summed E-state index contributed by atoms with van der Waals surface area (Å²) in [4.78, 5) is 19.4. The summed E-state index contributed by atoms with van der Waals surface area (Å²) in [6.45, 7) is 2.57. The quantitative estimate of drug-likeness (QED) is 0.0659. The van der Waals surface area contributed by atoms with E-state index in [0.717, 1.165) is 34.1 Å². The van der Waals surface area contributed by atoms with Crippen LogP contribution in [0, 0.1) is 17.8 Å². The number of rotatable bonds is 10. The second-order valence-corrected chi connectivity index (χ2v) is 19.9. The first kappa shape index (κ1) is 45.5. The third kappa shape index (κ3) is 8.83. The molecular formula is C52H58N2O8S2. The zero-order valence-corrected chi connectivity index (χ0v) is 38.4. The number of hydrogen-bond donors (Lipinski definition) is 7. The number of aromatic nitrogens is 1. The molecule has 1 saturated carbocycles. The molecule has 0 amide bonds. The summed E-state index contributed by atoms with van der Waals surface area (Å²) in [5.41, 5.74) is 6.49. The van der Waals surface area contributed by atoms with Crippen LogP contribution in [0.3, 0.4) is 0 Å². The predicted octanol–water partition coefficient (Wildman–Crippen LogP) is 8.58. The van der Waals surface area contributed by atoms with E-state index in [-0.39, 0.29) is 41.6 Å². The smallest absolute Gasteiger partial charge is 0.164 e. The zero-order chi connectivity index (χ0) is 45.1. The van der Waals surface area contributed by atoms with Crippen molar-refractivity contribution in [2.45, 2.75) is 75.4 Å². The normalized spacial score (nSPS) is 22.8. The van der Waals surface area contributed by atoms with E-state index in [1.807, 2.05) is 30.6 Å². The van der Waals surface area contributed by atoms with Gasteiger partial charge in [-0.3, -0.25) is 4.79 Å². The number of nitrogens with one attached hydrogen (secondary N) is 2. The van der Waals surface area contributed by atoms with E-state index in [4.69, 9.17) is 9.47 Å². The summed E-state index contributed by atoms with van der Waals surface area (Å²) in [5.74, 6) is -0.430. The third-order valence-corrected chi connectivity index (χ3v) is 16.1. The minimum Gasteiger partial charge on any atom is -0.508 e. The number of methoxy groups -OCH3 is 2. The molecule has 8 rings (SSSR count). The van der Waals surface area contributed by atoms with Crippen LogP contribution in [-0.4, -0.2) is 75.5 Å². The summed E-state index contributed by atoms with van der Waals surface area (Å²) in [5, 5.41) is 64.6. The SMILES string of the molecule is CCc1ccc2cccc3c2c1Cc1c(ccc(O)c1OC)C[C@H](Cc1cc[nH]c1)[C@H](O)[C@@H]1C(=O)[C@](Cc2ccc(O)c(OC)c2)(c2cc(O)cc(CNC)c2)[C@@H](O)C[C@H]1CSSC3. The second-order valence-electron chi connectivity index (χ2n) is 17.4. The van der Waals surface area contributed by atoms with E-state index in [1.165, 1.54) is 35.3 Å². The number of aromatic amines is 1. The Morgan fingerprint density at radius 1 is 0.859 bits per heavy atom. The number of benzene rings is 5. The highest BCUT2D eigenvalue weighted by Gasteiger charge is 2.57. The standard InChI is InChI=1S/C52H58N2O8S2/c1-5-33-10-11-34-7-6-8-36-28-63-64-29-38-22-46(58)52(25-30-9-13-43(56)45(20-30)61-3,39-18-32(26-53-2)19-40(55)23-39)51(60)48(38)49(59)37(17-31-15-16-54-27-31)21-35-12-14-44(57)50(62-4)42(35)24-41(33)47(34)36/h6-16,18-20,23,27,37-38,46,48-49,53-59H,5,17,21-22,24-26,28-29H2,1-4H3/t37-,38-,46-,48+,49-,52+/m0/s1. The average Bonchev–Trinajstić information content (AvgIpc) is 3.80. The molecule has 1 aromatic heterocycles. The van der Waals surface area contributed by atoms with Crippen LogP contribution >= 0.6 is 21.6 Å². The number of phenols is 3. The average molecular weight is 903 g/mol. The number of aliphatic hydroxyl groups excluding tert-OH is 2. The lowest BCUT2D eigenvalue weighted by atomic mass is 9.55. The Kier molecular flexibility index (Phi) is 13.9. The van der Waals surface area contributed by atoms with Crippen molar-refractivity contribution in [2.75, 3.05) is 27.0 Å².